The summed E-state index contributed by atoms with van der Waals surface area (Å²) < 4.78 is 10.7. The Morgan fingerprint density at radius 3 is 2.54 bits per heavy atom. The molecule has 4 N–H and O–H groups in total. The number of hydrogen-bond donors (Lipinski definition) is 4. The highest BCUT2D eigenvalue weighted by Gasteiger charge is 2.34. The second-order valence-electron chi connectivity index (χ2n) is 7.95. The van der Waals surface area contributed by atoms with Crippen LogP contribution in [0.25, 0.3) is 0 Å². The molecule has 3 atom stereocenters. The second-order valence-corrected chi connectivity index (χ2v) is 7.95. The topological polar surface area (TPSA) is 117 Å². The van der Waals surface area contributed by atoms with Gasteiger partial charge in [-0.2, -0.15) is 0 Å². The van der Waals surface area contributed by atoms with Crippen LogP contribution in [-0.2, 0) is 19.1 Å². The molecule has 1 aromatic carbocycles. The van der Waals surface area contributed by atoms with E-state index in [0.29, 0.717) is 30.0 Å². The van der Waals surface area contributed by atoms with E-state index in [4.69, 9.17) is 9.47 Å². The van der Waals surface area contributed by atoms with Gasteiger partial charge in [-0.05, 0) is 18.1 Å². The largest absolute Gasteiger partial charge is 0.394 e. The highest BCUT2D eigenvalue weighted by atomic mass is 16.6. The predicted molar refractivity (Wildman–Crippen MR) is 105 cm³/mol. The minimum Gasteiger partial charge on any atom is -0.394 e. The number of benzene rings is 1. The summed E-state index contributed by atoms with van der Waals surface area (Å²) in [4.78, 5) is 24.4. The zero-order valence-electron chi connectivity index (χ0n) is 17.0. The van der Waals surface area contributed by atoms with Gasteiger partial charge in [0.05, 0.1) is 29.6 Å². The molecule has 0 aliphatic carbocycles. The number of rotatable bonds is 6. The first-order valence-corrected chi connectivity index (χ1v) is 9.29. The lowest BCUT2D eigenvalue weighted by Crippen LogP contribution is -2.29. The van der Waals surface area contributed by atoms with Crippen molar-refractivity contribution >= 4 is 23.2 Å². The number of carbonyl (C=O) groups excluding carboxylic acids is 2. The van der Waals surface area contributed by atoms with Crippen molar-refractivity contribution in [2.24, 2.45) is 5.41 Å². The third kappa shape index (κ3) is 4.88. The average Bonchev–Trinajstić information content (AvgIpc) is 3.08. The van der Waals surface area contributed by atoms with Crippen molar-refractivity contribution in [1.29, 1.82) is 0 Å². The smallest absolute Gasteiger partial charge is 0.229 e. The van der Waals surface area contributed by atoms with E-state index in [9.17, 15) is 19.8 Å². The number of nitrogens with one attached hydrogen (secondary N) is 2. The Kier molecular flexibility index (Phi) is 7.16. The molecule has 156 valence electrons. The van der Waals surface area contributed by atoms with Crippen LogP contribution in [0.3, 0.4) is 0 Å². The third-order valence-corrected chi connectivity index (χ3v) is 4.77. The highest BCUT2D eigenvalue weighted by molar-refractivity contribution is 5.98. The van der Waals surface area contributed by atoms with E-state index in [-0.39, 0.29) is 29.9 Å². The fourth-order valence-corrected chi connectivity index (χ4v) is 3.24. The molecule has 1 aromatic rings. The molecule has 8 nitrogen and oxygen atoms in total. The normalized spacial score (nSPS) is 20.7. The monoisotopic (exact) mass is 394 g/mol. The molecule has 28 heavy (non-hydrogen) atoms. The van der Waals surface area contributed by atoms with Crippen LogP contribution in [-0.4, -0.2) is 48.5 Å². The van der Waals surface area contributed by atoms with Gasteiger partial charge in [0.2, 0.25) is 11.8 Å². The van der Waals surface area contributed by atoms with Gasteiger partial charge in [0.15, 0.2) is 6.29 Å². The molecule has 1 aliphatic rings. The summed E-state index contributed by atoms with van der Waals surface area (Å²) >= 11 is 0. The number of methoxy groups -OCH3 is 1. The summed E-state index contributed by atoms with van der Waals surface area (Å²) in [5.41, 5.74) is 1.04. The fraction of sp³-hybridized carbons (Fsp3) is 0.600. The summed E-state index contributed by atoms with van der Waals surface area (Å²) in [7, 11) is 1.33. The molecule has 1 fully saturated rings. The van der Waals surface area contributed by atoms with E-state index in [1.807, 2.05) is 0 Å². The maximum absolute atomic E-state index is 12.5. The van der Waals surface area contributed by atoms with E-state index in [0.717, 1.165) is 0 Å². The van der Waals surface area contributed by atoms with Gasteiger partial charge in [-0.3, -0.25) is 9.59 Å². The fourth-order valence-electron chi connectivity index (χ4n) is 3.24. The zero-order chi connectivity index (χ0) is 21.1. The second kappa shape index (κ2) is 9.00. The molecule has 0 radical (unpaired) electrons. The molecule has 0 aromatic heterocycles. The Balaban J connectivity index is 2.62. The first-order valence-electron chi connectivity index (χ1n) is 9.29. The predicted octanol–water partition coefficient (Wildman–Crippen LogP) is 2.13. The summed E-state index contributed by atoms with van der Waals surface area (Å²) in [5, 5.41) is 25.7. The van der Waals surface area contributed by atoms with Crippen LogP contribution in [0.2, 0.25) is 0 Å². The lowest BCUT2D eigenvalue weighted by Gasteiger charge is -2.27. The van der Waals surface area contributed by atoms with Crippen molar-refractivity contribution in [2.45, 2.75) is 52.4 Å². The first-order chi connectivity index (χ1) is 13.1. The summed E-state index contributed by atoms with van der Waals surface area (Å²) in [6, 6.07) is 3.45. The third-order valence-electron chi connectivity index (χ3n) is 4.77. The van der Waals surface area contributed by atoms with Gasteiger partial charge in [-0.1, -0.05) is 26.8 Å². The summed E-state index contributed by atoms with van der Waals surface area (Å²) in [6.07, 6.45) is -1.12. The molecule has 8 heteroatoms. The molecule has 1 heterocycles. The van der Waals surface area contributed by atoms with Gasteiger partial charge in [-0.15, -0.1) is 0 Å². The summed E-state index contributed by atoms with van der Waals surface area (Å²) in [6.45, 7) is 7.02. The minimum atomic E-state index is -1.37. The number of ether oxygens (including phenoxy) is 2. The Bertz CT molecular complexity index is 728. The molecule has 1 saturated heterocycles. The van der Waals surface area contributed by atoms with Gasteiger partial charge in [0, 0.05) is 32.0 Å². The van der Waals surface area contributed by atoms with Gasteiger partial charge < -0.3 is 30.3 Å². The molecule has 0 spiro atoms. The van der Waals surface area contributed by atoms with Crippen molar-refractivity contribution in [2.75, 3.05) is 31.0 Å². The van der Waals surface area contributed by atoms with Crippen LogP contribution >= 0.6 is 0 Å². The first kappa shape index (κ1) is 22.3. The molecule has 2 rings (SSSR count). The minimum absolute atomic E-state index is 0.158. The van der Waals surface area contributed by atoms with Crippen molar-refractivity contribution in [3.05, 3.63) is 23.3 Å². The molecule has 1 aliphatic heterocycles. The van der Waals surface area contributed by atoms with E-state index in [2.05, 4.69) is 10.6 Å². The van der Waals surface area contributed by atoms with Crippen LogP contribution in [0.4, 0.5) is 11.4 Å². The Morgan fingerprint density at radius 2 is 2.00 bits per heavy atom. The van der Waals surface area contributed by atoms with Gasteiger partial charge >= 0.3 is 0 Å². The van der Waals surface area contributed by atoms with Crippen molar-refractivity contribution in [1.82, 2.24) is 0 Å². The number of aliphatic hydroxyl groups excluding tert-OH is 2. The number of amides is 2. The zero-order valence-corrected chi connectivity index (χ0v) is 17.0. The van der Waals surface area contributed by atoms with Gasteiger partial charge in [-0.25, -0.2) is 0 Å². The van der Waals surface area contributed by atoms with Crippen LogP contribution in [0.1, 0.15) is 57.5 Å². The number of aliphatic hydroxyl groups is 2. The average molecular weight is 394 g/mol. The lowest BCUT2D eigenvalue weighted by molar-refractivity contribution is -0.123. The Hall–Kier alpha value is -2.00. The van der Waals surface area contributed by atoms with E-state index < -0.39 is 17.8 Å². The van der Waals surface area contributed by atoms with Crippen molar-refractivity contribution < 1.29 is 29.3 Å². The van der Waals surface area contributed by atoms with Crippen LogP contribution in [0.5, 0.6) is 0 Å². The number of carbonyl (C=O) groups is 2. The maximum Gasteiger partial charge on any atom is 0.229 e. The quantitative estimate of drug-likeness (QED) is 0.549. The Morgan fingerprint density at radius 1 is 1.32 bits per heavy atom. The van der Waals surface area contributed by atoms with E-state index >= 15 is 0 Å². The molecule has 2 amide bonds. The molecular weight excluding hydrogens is 364 g/mol. The van der Waals surface area contributed by atoms with Crippen LogP contribution in [0.15, 0.2) is 12.1 Å². The molecule has 0 bridgehead atoms. The van der Waals surface area contributed by atoms with Crippen LogP contribution in [0, 0.1) is 5.41 Å². The van der Waals surface area contributed by atoms with Crippen molar-refractivity contribution in [3.63, 3.8) is 0 Å². The van der Waals surface area contributed by atoms with Gasteiger partial charge in [0.25, 0.3) is 0 Å². The number of hydrogen-bond acceptors (Lipinski definition) is 6. The standard InChI is InChI=1S/C20H30N2O6/c1-11(24)21-17-13(12-8-9-28-15(12)10-23)6-7-14(16(17)18(25)27-5)22-19(26)20(2,3)4/h6-7,12,15,18,23,25H,8-10H2,1-5H3,(H,21,24)(H,22,26). The highest BCUT2D eigenvalue weighted by Crippen LogP contribution is 2.42. The van der Waals surface area contributed by atoms with E-state index in [1.54, 1.807) is 32.9 Å². The molecule has 0 saturated carbocycles. The Labute approximate surface area is 165 Å². The summed E-state index contributed by atoms with van der Waals surface area (Å²) in [5.74, 6) is -0.734. The van der Waals surface area contributed by atoms with E-state index in [1.165, 1.54) is 14.0 Å². The van der Waals surface area contributed by atoms with Crippen molar-refractivity contribution in [3.8, 4) is 0 Å². The van der Waals surface area contributed by atoms with Crippen LogP contribution < -0.4 is 10.6 Å². The van der Waals surface area contributed by atoms with Gasteiger partial charge in [0.1, 0.15) is 0 Å². The number of anilines is 2. The maximum atomic E-state index is 12.5. The SMILES string of the molecule is COC(O)c1c(NC(=O)C(C)(C)C)ccc(C2CCOC2CO)c1NC(C)=O. The lowest BCUT2D eigenvalue weighted by atomic mass is 9.88. The molecular formula is C20H30N2O6. The molecule has 3 unspecified atom stereocenters.